The number of rotatable bonds is 11. The minimum absolute atomic E-state index is 0.00964. The number of carbonyl (C=O) groups excluding carboxylic acids is 3. The molecule has 0 atom stereocenters. The molecule has 8 rings (SSSR count). The molecule has 6 heterocycles. The first-order valence-electron chi connectivity index (χ1n) is 20.8. The lowest BCUT2D eigenvalue weighted by Crippen LogP contribution is -2.37. The Balaban J connectivity index is 0.000000193. The number of benzene rings is 2. The zero-order valence-corrected chi connectivity index (χ0v) is 36.7. The third-order valence-corrected chi connectivity index (χ3v) is 9.68. The van der Waals surface area contributed by atoms with Crippen LogP contribution in [0.2, 0.25) is 0 Å². The molecule has 2 fully saturated rings. The molecule has 2 aliphatic rings. The number of aldehydes is 1. The lowest BCUT2D eigenvalue weighted by Gasteiger charge is -2.27. The van der Waals surface area contributed by atoms with Crippen LogP contribution in [0.1, 0.15) is 48.0 Å². The van der Waals surface area contributed by atoms with Crippen molar-refractivity contribution in [2.45, 2.75) is 12.4 Å². The van der Waals surface area contributed by atoms with Crippen LogP contribution in [0.5, 0.6) is 0 Å². The molecule has 0 unspecified atom stereocenters. The molecule has 6 aromatic rings. The van der Waals surface area contributed by atoms with E-state index in [-0.39, 0.29) is 51.7 Å². The first-order chi connectivity index (χ1) is 34.0. The van der Waals surface area contributed by atoms with Gasteiger partial charge in [0.25, 0.3) is 11.8 Å². The number of anilines is 6. The molecule has 2 saturated heterocycles. The fourth-order valence-electron chi connectivity index (χ4n) is 6.17. The summed E-state index contributed by atoms with van der Waals surface area (Å²) in [6, 6.07) is 14.3. The van der Waals surface area contributed by atoms with Crippen LogP contribution in [0.25, 0.3) is 0 Å². The van der Waals surface area contributed by atoms with E-state index in [9.17, 15) is 49.5 Å². The second-order valence-corrected chi connectivity index (χ2v) is 14.6. The number of carbonyl (C=O) groups is 3. The number of aromatic nitrogens is 6. The van der Waals surface area contributed by atoms with Gasteiger partial charge >= 0.3 is 12.4 Å². The van der Waals surface area contributed by atoms with Crippen molar-refractivity contribution in [1.29, 1.82) is 0 Å². The Bertz CT molecular complexity index is 2780. The fraction of sp³-hybridized carbons (Fsp3) is 0.227. The van der Waals surface area contributed by atoms with Gasteiger partial charge in [-0.05, 0) is 60.7 Å². The van der Waals surface area contributed by atoms with Crippen molar-refractivity contribution in [3.05, 3.63) is 143 Å². The number of hydrazine groups is 1. The van der Waals surface area contributed by atoms with Gasteiger partial charge in [-0.3, -0.25) is 29.8 Å². The molecule has 71 heavy (non-hydrogen) atoms. The predicted octanol–water partition coefficient (Wildman–Crippen LogP) is 6.47. The molecular weight excluding hydrogens is 957 g/mol. The van der Waals surface area contributed by atoms with Gasteiger partial charge in [-0.15, -0.1) is 0 Å². The number of hydrogen-bond donors (Lipinski definition) is 5. The molecule has 27 heteroatoms. The third kappa shape index (κ3) is 15.3. The second kappa shape index (κ2) is 24.3. The highest BCUT2D eigenvalue weighted by atomic mass is 19.4. The number of nitrogens with two attached hydrogens (primary N) is 1. The lowest BCUT2D eigenvalue weighted by atomic mass is 10.2. The Labute approximate surface area is 397 Å². The van der Waals surface area contributed by atoms with Crippen molar-refractivity contribution in [1.82, 2.24) is 29.9 Å². The van der Waals surface area contributed by atoms with E-state index >= 15 is 0 Å². The van der Waals surface area contributed by atoms with Crippen molar-refractivity contribution in [2.24, 2.45) is 10.9 Å². The van der Waals surface area contributed by atoms with Gasteiger partial charge in [0.2, 0.25) is 11.9 Å². The van der Waals surface area contributed by atoms with Gasteiger partial charge < -0.3 is 29.9 Å². The summed E-state index contributed by atoms with van der Waals surface area (Å²) in [5, 5.41) is 8.72. The minimum Gasteiger partial charge on any atom is -0.378 e. The van der Waals surface area contributed by atoms with Gasteiger partial charge in [0.1, 0.15) is 5.69 Å². The highest BCUT2D eigenvalue weighted by Gasteiger charge is 2.31. The van der Waals surface area contributed by atoms with Crippen molar-refractivity contribution < 1.29 is 59.0 Å². The topological polar surface area (TPSA) is 240 Å². The minimum atomic E-state index is -4.51. The summed E-state index contributed by atoms with van der Waals surface area (Å²) in [4.78, 5) is 61.6. The summed E-state index contributed by atoms with van der Waals surface area (Å²) in [7, 11) is 0. The van der Waals surface area contributed by atoms with Crippen LogP contribution >= 0.6 is 0 Å². The molecule has 2 aromatic carbocycles. The quantitative estimate of drug-likeness (QED) is 0.0307. The number of alkyl halides is 6. The van der Waals surface area contributed by atoms with Crippen LogP contribution < -0.4 is 37.1 Å². The summed E-state index contributed by atoms with van der Waals surface area (Å²) < 4.78 is 114. The zero-order chi connectivity index (χ0) is 51.0. The number of pyridine rings is 2. The normalized spacial score (nSPS) is 13.8. The summed E-state index contributed by atoms with van der Waals surface area (Å²) >= 11 is 0. The molecule has 0 aliphatic carbocycles. The number of nitrogens with zero attached hydrogens (tertiary/aromatic N) is 9. The third-order valence-electron chi connectivity index (χ3n) is 9.68. The molecule has 372 valence electrons. The van der Waals surface area contributed by atoms with Crippen LogP contribution in [-0.4, -0.2) is 107 Å². The van der Waals surface area contributed by atoms with Crippen LogP contribution in [0, 0.1) is 11.6 Å². The highest BCUT2D eigenvalue weighted by Crippen LogP contribution is 2.32. The molecule has 6 N–H and O–H groups in total. The molecule has 0 saturated carbocycles. The maximum Gasteiger partial charge on any atom is 0.416 e. The standard InChI is InChI=1S/C22H19F4N7O2.C14H9F3N2O2.C8H12FN5O/c23-18-13-28-21(31-19(18)33-6-8-35-9-7-33)32-29-12-17-5-4-14(11-27-17)20(34)30-16-3-1-2-15(10-16)22(24,25)26;15-14(16,17)10-2-1-3-11(6-10)19-13(21)9-4-5-12(8-20)18-7-9;9-6-5-11-8(13-10)12-7(6)14-1-3-15-4-2-14/h1-5,10-13H,6-9H2,(H,30,34)(H,28,31,32);1-8H,(H,19,21);5H,1-4,10H2,(H,11,12,13)/b29-12+;;. The van der Waals surface area contributed by atoms with Gasteiger partial charge in [-0.2, -0.15) is 41.4 Å². The Morgan fingerprint density at radius 1 is 0.620 bits per heavy atom. The van der Waals surface area contributed by atoms with Crippen LogP contribution in [0.3, 0.4) is 0 Å². The van der Waals surface area contributed by atoms with Crippen LogP contribution in [0.4, 0.5) is 70.0 Å². The number of amides is 2. The Morgan fingerprint density at radius 2 is 1.07 bits per heavy atom. The van der Waals surface area contributed by atoms with E-state index in [1.165, 1.54) is 67.1 Å². The molecule has 0 radical (unpaired) electrons. The fourth-order valence-corrected chi connectivity index (χ4v) is 6.17. The maximum absolute atomic E-state index is 14.1. The Kier molecular flexibility index (Phi) is 17.8. The predicted molar refractivity (Wildman–Crippen MR) is 242 cm³/mol. The van der Waals surface area contributed by atoms with Crippen LogP contribution in [0.15, 0.2) is 103 Å². The molecule has 19 nitrogen and oxygen atoms in total. The van der Waals surface area contributed by atoms with Crippen molar-refractivity contribution in [3.8, 4) is 0 Å². The largest absolute Gasteiger partial charge is 0.416 e. The van der Waals surface area contributed by atoms with E-state index in [4.69, 9.17) is 15.3 Å². The summed E-state index contributed by atoms with van der Waals surface area (Å²) in [6.45, 7) is 4.37. The van der Waals surface area contributed by atoms with Crippen molar-refractivity contribution >= 4 is 59.2 Å². The molecule has 0 spiro atoms. The number of morpholine rings is 2. The van der Waals surface area contributed by atoms with E-state index < -0.39 is 46.9 Å². The number of hydrazone groups is 1. The lowest BCUT2D eigenvalue weighted by molar-refractivity contribution is -0.138. The Hall–Kier alpha value is -8.30. The first kappa shape index (κ1) is 52.1. The monoisotopic (exact) mass is 996 g/mol. The van der Waals surface area contributed by atoms with E-state index in [1.807, 2.05) is 0 Å². The molecule has 0 bridgehead atoms. The molecule has 4 aromatic heterocycles. The number of halogens is 8. The number of hydrogen-bond acceptors (Lipinski definition) is 17. The van der Waals surface area contributed by atoms with Gasteiger partial charge in [-0.25, -0.2) is 30.0 Å². The summed E-state index contributed by atoms with van der Waals surface area (Å²) in [6.07, 6.45) is -2.54. The van der Waals surface area contributed by atoms with E-state index in [1.54, 1.807) is 9.80 Å². The Morgan fingerprint density at radius 3 is 1.49 bits per heavy atom. The van der Waals surface area contributed by atoms with Gasteiger partial charge in [0.05, 0.1) is 73.0 Å². The van der Waals surface area contributed by atoms with Gasteiger partial charge in [-0.1, -0.05) is 12.1 Å². The SMILES string of the molecule is NNc1ncc(F)c(N2CCOCC2)n1.O=C(Nc1cccc(C(F)(F)F)c1)c1ccc(/C=N/Nc2ncc(F)c(N3CCOCC3)n2)nc1.O=Cc1ccc(C(=O)Nc2cccc(C(F)(F)F)c2)cn1. The number of ether oxygens (including phenoxy) is 2. The molecular formula is C44H40F8N14O5. The zero-order valence-electron chi connectivity index (χ0n) is 36.7. The molecule has 2 aliphatic heterocycles. The summed E-state index contributed by atoms with van der Waals surface area (Å²) in [5.41, 5.74) is 4.02. The second-order valence-electron chi connectivity index (χ2n) is 14.6. The van der Waals surface area contributed by atoms with Crippen molar-refractivity contribution in [3.63, 3.8) is 0 Å². The maximum atomic E-state index is 14.1. The van der Waals surface area contributed by atoms with E-state index in [2.05, 4.69) is 56.5 Å². The van der Waals surface area contributed by atoms with Crippen LogP contribution in [-0.2, 0) is 21.8 Å². The van der Waals surface area contributed by atoms with Gasteiger partial charge in [0.15, 0.2) is 29.6 Å². The average molecular weight is 997 g/mol. The number of nitrogens with one attached hydrogen (secondary N) is 4. The van der Waals surface area contributed by atoms with Crippen molar-refractivity contribution in [2.75, 3.05) is 83.9 Å². The smallest absolute Gasteiger partial charge is 0.378 e. The average Bonchev–Trinajstić information content (AvgIpc) is 3.38. The first-order valence-corrected chi connectivity index (χ1v) is 20.8. The van der Waals surface area contributed by atoms with Gasteiger partial charge in [0, 0.05) is 49.9 Å². The van der Waals surface area contributed by atoms with E-state index in [0.29, 0.717) is 64.6 Å². The number of nitrogen functional groups attached to an aromatic ring is 1. The highest BCUT2D eigenvalue weighted by molar-refractivity contribution is 6.05. The molecule has 2 amide bonds. The van der Waals surface area contributed by atoms with E-state index in [0.717, 1.165) is 36.7 Å². The summed E-state index contributed by atoms with van der Waals surface area (Å²) in [5.74, 6) is 3.63.